The van der Waals surface area contributed by atoms with Gasteiger partial charge in [0.2, 0.25) is 0 Å². The topological polar surface area (TPSA) is 54.7 Å². The fourth-order valence-corrected chi connectivity index (χ4v) is 1.81. The van der Waals surface area contributed by atoms with Crippen molar-refractivity contribution in [1.82, 2.24) is 10.2 Å². The van der Waals surface area contributed by atoms with Gasteiger partial charge in [-0.3, -0.25) is 5.10 Å². The molecule has 2 aromatic rings. The van der Waals surface area contributed by atoms with Crippen molar-refractivity contribution in [2.75, 3.05) is 5.73 Å². The third kappa shape index (κ3) is 1.50. The van der Waals surface area contributed by atoms with E-state index in [-0.39, 0.29) is 0 Å². The van der Waals surface area contributed by atoms with Gasteiger partial charge >= 0.3 is 0 Å². The van der Waals surface area contributed by atoms with E-state index < -0.39 is 0 Å². The molecular weight excluding hydrogens is 186 g/mol. The molecular formula is C12H13N3. The van der Waals surface area contributed by atoms with E-state index in [1.807, 2.05) is 24.3 Å². The number of rotatable bonds is 2. The Labute approximate surface area is 88.3 Å². The van der Waals surface area contributed by atoms with Crippen LogP contribution in [0.2, 0.25) is 0 Å². The Morgan fingerprint density at radius 2 is 2.07 bits per heavy atom. The Balaban J connectivity index is 2.01. The van der Waals surface area contributed by atoms with Gasteiger partial charge in [-0.15, -0.1) is 0 Å². The summed E-state index contributed by atoms with van der Waals surface area (Å²) in [6, 6.07) is 9.94. The molecule has 0 bridgehead atoms. The first-order valence-electron chi connectivity index (χ1n) is 5.25. The van der Waals surface area contributed by atoms with Crippen LogP contribution >= 0.6 is 0 Å². The molecule has 0 radical (unpaired) electrons. The molecule has 0 atom stereocenters. The SMILES string of the molecule is Nc1ccccc1-c1cc(C2CC2)[nH]n1. The molecule has 76 valence electrons. The molecule has 0 spiro atoms. The molecule has 1 fully saturated rings. The van der Waals surface area contributed by atoms with Crippen molar-refractivity contribution < 1.29 is 0 Å². The van der Waals surface area contributed by atoms with Crippen molar-refractivity contribution in [1.29, 1.82) is 0 Å². The van der Waals surface area contributed by atoms with Gasteiger partial charge in [-0.1, -0.05) is 18.2 Å². The van der Waals surface area contributed by atoms with Crippen molar-refractivity contribution in [2.45, 2.75) is 18.8 Å². The first-order chi connectivity index (χ1) is 7.34. The summed E-state index contributed by atoms with van der Waals surface area (Å²) < 4.78 is 0. The lowest BCUT2D eigenvalue weighted by molar-refractivity contribution is 0.967. The largest absolute Gasteiger partial charge is 0.398 e. The summed E-state index contributed by atoms with van der Waals surface area (Å²) in [5.41, 5.74) is 9.90. The van der Waals surface area contributed by atoms with Gasteiger partial charge in [0.05, 0.1) is 5.69 Å². The van der Waals surface area contributed by atoms with Gasteiger partial charge in [0.15, 0.2) is 0 Å². The molecule has 0 amide bonds. The van der Waals surface area contributed by atoms with Crippen LogP contribution in [0.25, 0.3) is 11.3 Å². The summed E-state index contributed by atoms with van der Waals surface area (Å²) in [5.74, 6) is 0.705. The second-order valence-electron chi connectivity index (χ2n) is 4.07. The molecule has 0 aliphatic heterocycles. The predicted octanol–water partition coefficient (Wildman–Crippen LogP) is 2.54. The van der Waals surface area contributed by atoms with Crippen LogP contribution < -0.4 is 5.73 Å². The highest BCUT2D eigenvalue weighted by atomic mass is 15.1. The molecule has 1 heterocycles. The lowest BCUT2D eigenvalue weighted by atomic mass is 10.1. The van der Waals surface area contributed by atoms with E-state index in [2.05, 4.69) is 16.3 Å². The maximum absolute atomic E-state index is 5.90. The van der Waals surface area contributed by atoms with Gasteiger partial charge in [0, 0.05) is 22.9 Å². The number of benzene rings is 1. The molecule has 1 aromatic carbocycles. The summed E-state index contributed by atoms with van der Waals surface area (Å²) in [6.07, 6.45) is 2.57. The number of nitrogens with two attached hydrogens (primary N) is 1. The van der Waals surface area contributed by atoms with Crippen molar-refractivity contribution in [3.8, 4) is 11.3 Å². The van der Waals surface area contributed by atoms with Crippen LogP contribution in [0.5, 0.6) is 0 Å². The maximum Gasteiger partial charge on any atom is 0.0944 e. The number of nitrogen functional groups attached to an aromatic ring is 1. The number of aromatic amines is 1. The van der Waals surface area contributed by atoms with E-state index >= 15 is 0 Å². The fraction of sp³-hybridized carbons (Fsp3) is 0.250. The van der Waals surface area contributed by atoms with Gasteiger partial charge in [0.1, 0.15) is 0 Å². The molecule has 3 nitrogen and oxygen atoms in total. The Hall–Kier alpha value is -1.77. The first kappa shape index (κ1) is 8.53. The van der Waals surface area contributed by atoms with Crippen LogP contribution in [0, 0.1) is 0 Å². The molecule has 1 aliphatic rings. The highest BCUT2D eigenvalue weighted by Gasteiger charge is 2.25. The normalized spacial score (nSPS) is 15.5. The van der Waals surface area contributed by atoms with Gasteiger partial charge in [0.25, 0.3) is 0 Å². The number of anilines is 1. The number of para-hydroxylation sites is 1. The quantitative estimate of drug-likeness (QED) is 0.730. The Morgan fingerprint density at radius 3 is 2.80 bits per heavy atom. The molecule has 0 saturated heterocycles. The lowest BCUT2D eigenvalue weighted by Gasteiger charge is -1.99. The van der Waals surface area contributed by atoms with Gasteiger partial charge < -0.3 is 5.73 Å². The Bertz CT molecular complexity index is 483. The van der Waals surface area contributed by atoms with Crippen molar-refractivity contribution >= 4 is 5.69 Å². The third-order valence-electron chi connectivity index (χ3n) is 2.85. The second kappa shape index (κ2) is 3.12. The summed E-state index contributed by atoms with van der Waals surface area (Å²) in [6.45, 7) is 0. The Kier molecular flexibility index (Phi) is 1.78. The van der Waals surface area contributed by atoms with E-state index in [1.54, 1.807) is 0 Å². The summed E-state index contributed by atoms with van der Waals surface area (Å²) in [4.78, 5) is 0. The van der Waals surface area contributed by atoms with Crippen LogP contribution in [0.1, 0.15) is 24.5 Å². The molecule has 3 N–H and O–H groups in total. The monoisotopic (exact) mass is 199 g/mol. The van der Waals surface area contributed by atoms with E-state index in [1.165, 1.54) is 18.5 Å². The zero-order chi connectivity index (χ0) is 10.3. The van der Waals surface area contributed by atoms with Crippen LogP contribution in [0.15, 0.2) is 30.3 Å². The summed E-state index contributed by atoms with van der Waals surface area (Å²) >= 11 is 0. The highest BCUT2D eigenvalue weighted by molar-refractivity contribution is 5.73. The minimum atomic E-state index is 0.705. The average Bonchev–Trinajstić information content (AvgIpc) is 2.99. The van der Waals surface area contributed by atoms with Crippen molar-refractivity contribution in [3.63, 3.8) is 0 Å². The number of hydrogen-bond donors (Lipinski definition) is 2. The third-order valence-corrected chi connectivity index (χ3v) is 2.85. The molecule has 1 aliphatic carbocycles. The number of nitrogens with one attached hydrogen (secondary N) is 1. The van der Waals surface area contributed by atoms with E-state index in [0.717, 1.165) is 16.9 Å². The van der Waals surface area contributed by atoms with E-state index in [0.29, 0.717) is 5.92 Å². The van der Waals surface area contributed by atoms with Crippen LogP contribution in [0.3, 0.4) is 0 Å². The van der Waals surface area contributed by atoms with Crippen LogP contribution in [-0.2, 0) is 0 Å². The summed E-state index contributed by atoms with van der Waals surface area (Å²) in [7, 11) is 0. The summed E-state index contributed by atoms with van der Waals surface area (Å²) in [5, 5.41) is 7.39. The predicted molar refractivity (Wildman–Crippen MR) is 60.4 cm³/mol. The number of aromatic nitrogens is 2. The zero-order valence-corrected chi connectivity index (χ0v) is 8.40. The first-order valence-corrected chi connectivity index (χ1v) is 5.25. The number of H-pyrrole nitrogens is 1. The average molecular weight is 199 g/mol. The molecule has 0 unspecified atom stereocenters. The smallest absolute Gasteiger partial charge is 0.0944 e. The zero-order valence-electron chi connectivity index (χ0n) is 8.40. The lowest BCUT2D eigenvalue weighted by Crippen LogP contribution is -1.88. The van der Waals surface area contributed by atoms with Gasteiger partial charge in [-0.05, 0) is 25.0 Å². The van der Waals surface area contributed by atoms with Crippen LogP contribution in [0.4, 0.5) is 5.69 Å². The molecule has 1 aromatic heterocycles. The number of nitrogens with zero attached hydrogens (tertiary/aromatic N) is 1. The highest BCUT2D eigenvalue weighted by Crippen LogP contribution is 2.40. The van der Waals surface area contributed by atoms with Crippen molar-refractivity contribution in [2.24, 2.45) is 0 Å². The van der Waals surface area contributed by atoms with Crippen molar-refractivity contribution in [3.05, 3.63) is 36.0 Å². The van der Waals surface area contributed by atoms with Crippen LogP contribution in [-0.4, -0.2) is 10.2 Å². The van der Waals surface area contributed by atoms with E-state index in [9.17, 15) is 0 Å². The van der Waals surface area contributed by atoms with Gasteiger partial charge in [-0.25, -0.2) is 0 Å². The Morgan fingerprint density at radius 1 is 1.27 bits per heavy atom. The minimum absolute atomic E-state index is 0.705. The molecule has 3 rings (SSSR count). The second-order valence-corrected chi connectivity index (χ2v) is 4.07. The molecule has 1 saturated carbocycles. The molecule has 15 heavy (non-hydrogen) atoms. The standard InChI is InChI=1S/C12H13N3/c13-10-4-2-1-3-9(10)12-7-11(14-15-12)8-5-6-8/h1-4,7-8H,5-6,13H2,(H,14,15). The fourth-order valence-electron chi connectivity index (χ4n) is 1.81. The number of hydrogen-bond acceptors (Lipinski definition) is 2. The maximum atomic E-state index is 5.90. The van der Waals surface area contributed by atoms with E-state index in [4.69, 9.17) is 5.73 Å². The minimum Gasteiger partial charge on any atom is -0.398 e. The molecule has 3 heteroatoms. The van der Waals surface area contributed by atoms with Gasteiger partial charge in [-0.2, -0.15) is 5.10 Å².